The molecule has 88 heavy (non-hydrogen) atoms. The topological polar surface area (TPSA) is 231 Å². The molecule has 0 fully saturated rings. The van der Waals surface area contributed by atoms with Gasteiger partial charge in [0, 0.05) is 29.4 Å². The van der Waals surface area contributed by atoms with Gasteiger partial charge in [0.25, 0.3) is 20.0 Å². The number of aromatic nitrogens is 6. The Hall–Kier alpha value is -6.40. The number of carbonyl (C=O) groups is 4. The summed E-state index contributed by atoms with van der Waals surface area (Å²) in [6, 6.07) is 19.4. The number of esters is 2. The number of carbonyl (C=O) groups excluding carboxylic acids is 4. The average molecular weight is 1340 g/mol. The summed E-state index contributed by atoms with van der Waals surface area (Å²) < 4.78 is 144. The number of aldehydes is 1. The molecule has 0 aliphatic rings. The van der Waals surface area contributed by atoms with E-state index in [2.05, 4.69) is 52.9 Å². The molecule has 0 radical (unpaired) electrons. The van der Waals surface area contributed by atoms with Gasteiger partial charge in [-0.2, -0.15) is 26.3 Å². The SMILES string of the molecule is CC(C)(C)OC(=O)c1cnc(Cl)c(C=O)c1Cl.CC(C)[N-]C(C)C.Cc1cc(C(F)(F)F)nc2c1cc(C(=O)c1c(Cl)ncc(C(=O)OC(C)(C)C)c1Cl)n2S(=O)(=O)c1ccccc1.Cc1cc(C(F)(F)F)nc2c1ccn2S(=O)(=O)c1ccccc1.[Li+]. The number of benzene rings is 2. The summed E-state index contributed by atoms with van der Waals surface area (Å²) in [5.74, 6) is -2.70. The van der Waals surface area contributed by atoms with Gasteiger partial charge in [0.1, 0.15) is 38.6 Å². The van der Waals surface area contributed by atoms with Crippen LogP contribution in [0.1, 0.15) is 139 Å². The molecule has 8 aromatic rings. The van der Waals surface area contributed by atoms with Crippen LogP contribution in [-0.2, 0) is 41.9 Å². The molecule has 0 bridgehead atoms. The fraction of sp³-hybridized carbons (Fsp3) is 0.310. The van der Waals surface area contributed by atoms with E-state index in [4.69, 9.17) is 55.9 Å². The number of hydrogen-bond acceptors (Lipinski definition) is 14. The molecule has 0 atom stereocenters. The molecule has 2 aromatic carbocycles. The van der Waals surface area contributed by atoms with Crippen molar-refractivity contribution in [1.29, 1.82) is 0 Å². The first-order valence-electron chi connectivity index (χ1n) is 25.6. The number of aryl methyl sites for hydroxylation is 2. The molecule has 0 saturated carbocycles. The van der Waals surface area contributed by atoms with Crippen LogP contribution < -0.4 is 18.9 Å². The van der Waals surface area contributed by atoms with Crippen LogP contribution in [0.25, 0.3) is 27.4 Å². The largest absolute Gasteiger partial charge is 1.00 e. The Morgan fingerprint density at radius 3 is 1.44 bits per heavy atom. The molecule has 30 heteroatoms. The second-order valence-corrected chi connectivity index (χ2v) is 26.4. The Kier molecular flexibility index (Phi) is 24.4. The predicted octanol–water partition coefficient (Wildman–Crippen LogP) is 12.4. The van der Waals surface area contributed by atoms with Gasteiger partial charge < -0.3 is 14.8 Å². The third-order valence-electron chi connectivity index (χ3n) is 11.3. The van der Waals surface area contributed by atoms with E-state index in [1.54, 1.807) is 59.7 Å². The minimum absolute atomic E-state index is 0. The number of rotatable bonds is 11. The summed E-state index contributed by atoms with van der Waals surface area (Å²) in [5, 5.41) is 3.55. The van der Waals surface area contributed by atoms with Crippen molar-refractivity contribution in [2.75, 3.05) is 0 Å². The van der Waals surface area contributed by atoms with Gasteiger partial charge in [-0.15, -0.1) is 12.1 Å². The zero-order valence-electron chi connectivity index (χ0n) is 49.4. The molecule has 0 amide bonds. The van der Waals surface area contributed by atoms with E-state index in [1.807, 2.05) is 0 Å². The van der Waals surface area contributed by atoms with E-state index >= 15 is 0 Å². The van der Waals surface area contributed by atoms with E-state index in [0.717, 1.165) is 28.4 Å². The van der Waals surface area contributed by atoms with E-state index in [9.17, 15) is 62.4 Å². The van der Waals surface area contributed by atoms with Crippen LogP contribution in [0.3, 0.4) is 0 Å². The summed E-state index contributed by atoms with van der Waals surface area (Å²) in [6.45, 7) is 21.2. The predicted molar refractivity (Wildman–Crippen MR) is 318 cm³/mol. The maximum Gasteiger partial charge on any atom is 1.00 e. The van der Waals surface area contributed by atoms with Crippen molar-refractivity contribution < 1.29 is 90.7 Å². The van der Waals surface area contributed by atoms with Crippen LogP contribution in [0.2, 0.25) is 20.4 Å². The Balaban J connectivity index is 0.000000290. The van der Waals surface area contributed by atoms with Gasteiger partial charge in [-0.25, -0.2) is 54.3 Å². The number of halogens is 10. The molecule has 6 heterocycles. The molecule has 8 rings (SSSR count). The number of pyridine rings is 4. The molecule has 17 nitrogen and oxygen atoms in total. The Labute approximate surface area is 535 Å². The molecule has 0 unspecified atom stereocenters. The Morgan fingerprint density at radius 1 is 0.602 bits per heavy atom. The van der Waals surface area contributed by atoms with Gasteiger partial charge in [-0.3, -0.25) is 9.59 Å². The van der Waals surface area contributed by atoms with Crippen molar-refractivity contribution in [3.63, 3.8) is 0 Å². The molecule has 0 aliphatic carbocycles. The monoisotopic (exact) mass is 1340 g/mol. The van der Waals surface area contributed by atoms with Crippen LogP contribution in [0.15, 0.2) is 113 Å². The Bertz CT molecular complexity index is 4120. The van der Waals surface area contributed by atoms with Gasteiger partial charge in [-0.1, -0.05) is 110 Å². The number of alkyl halides is 6. The minimum Gasteiger partial charge on any atom is -0.658 e. The van der Waals surface area contributed by atoms with Crippen molar-refractivity contribution in [3.8, 4) is 0 Å². The van der Waals surface area contributed by atoms with Gasteiger partial charge in [-0.05, 0) is 115 Å². The summed E-state index contributed by atoms with van der Waals surface area (Å²) in [4.78, 5) is 63.4. The zero-order valence-corrected chi connectivity index (χ0v) is 54.0. The standard InChI is InChI=1S/C26H20Cl2F3N3O5S.C15H11F3N2O2S.C11H11Cl2NO3.C6H14N.Li/c1-13-10-18(26(29,30)31)33-23-15(13)11-17(34(23)40(37,38)14-8-6-5-7-9-14)21(35)19-20(27)16(12-32-22(19)28)24(36)39-25(2,3)4;1-10-9-13(15(16,17)18)19-14-12(10)7-8-20(14)23(21,22)11-5-3-2-4-6-11;1-11(2,3)17-10(16)6-4-14-9(13)7(5-15)8(6)12;1-5(2)7-6(3)4;/h5-12H,1-4H3;2-9H,1H3;4-5H,1-3H3;5-6H,1-4H3;/q;;;-1;+1. The van der Waals surface area contributed by atoms with Crippen LogP contribution in [-0.4, -0.2) is 92.0 Å². The zero-order chi connectivity index (χ0) is 65.7. The van der Waals surface area contributed by atoms with E-state index < -0.39 is 99.8 Å². The first-order chi connectivity index (χ1) is 40.0. The fourth-order valence-electron chi connectivity index (χ4n) is 7.77. The van der Waals surface area contributed by atoms with Crippen molar-refractivity contribution in [3.05, 3.63) is 180 Å². The molecular formula is C58H56Cl4F6LiN7O10S2. The van der Waals surface area contributed by atoms with Crippen molar-refractivity contribution in [1.82, 2.24) is 27.9 Å². The minimum atomic E-state index is -4.91. The van der Waals surface area contributed by atoms with Crippen LogP contribution in [0, 0.1) is 13.8 Å². The second-order valence-electron chi connectivity index (χ2n) is 21.3. The molecule has 0 aliphatic heterocycles. The van der Waals surface area contributed by atoms with E-state index in [0.29, 0.717) is 33.3 Å². The van der Waals surface area contributed by atoms with E-state index in [-0.39, 0.29) is 72.1 Å². The van der Waals surface area contributed by atoms with Crippen LogP contribution in [0.5, 0.6) is 0 Å². The maximum atomic E-state index is 13.9. The van der Waals surface area contributed by atoms with Crippen LogP contribution >= 0.6 is 46.4 Å². The molecule has 0 N–H and O–H groups in total. The fourth-order valence-corrected chi connectivity index (χ4v) is 11.6. The maximum absolute atomic E-state index is 13.9. The third-order valence-corrected chi connectivity index (χ3v) is 16.1. The summed E-state index contributed by atoms with van der Waals surface area (Å²) in [6.07, 6.45) is -5.71. The van der Waals surface area contributed by atoms with E-state index in [1.165, 1.54) is 74.8 Å². The Morgan fingerprint density at radius 2 is 1.02 bits per heavy atom. The van der Waals surface area contributed by atoms with Crippen molar-refractivity contribution in [2.45, 2.75) is 129 Å². The summed E-state index contributed by atoms with van der Waals surface area (Å²) in [5.41, 5.74) is -6.11. The second kappa shape index (κ2) is 29.0. The first kappa shape index (κ1) is 74.1. The number of ether oxygens (including phenoxy) is 2. The van der Waals surface area contributed by atoms with Gasteiger partial charge >= 0.3 is 43.2 Å². The van der Waals surface area contributed by atoms with Crippen molar-refractivity contribution >= 4 is 113 Å². The van der Waals surface area contributed by atoms with Gasteiger partial charge in [0.2, 0.25) is 5.78 Å². The number of ketones is 1. The quantitative estimate of drug-likeness (QED) is 0.0293. The number of nitrogens with zero attached hydrogens (tertiary/aromatic N) is 7. The summed E-state index contributed by atoms with van der Waals surface area (Å²) >= 11 is 24.1. The molecule has 6 aromatic heterocycles. The first-order valence-corrected chi connectivity index (χ1v) is 30.0. The van der Waals surface area contributed by atoms with Gasteiger partial charge in [0.05, 0.1) is 42.1 Å². The van der Waals surface area contributed by atoms with Crippen LogP contribution in [0.4, 0.5) is 26.3 Å². The van der Waals surface area contributed by atoms with Gasteiger partial charge in [0.15, 0.2) is 17.6 Å². The smallest absolute Gasteiger partial charge is 0.658 e. The van der Waals surface area contributed by atoms with Crippen molar-refractivity contribution in [2.24, 2.45) is 0 Å². The third kappa shape index (κ3) is 18.1. The molecule has 466 valence electrons. The molecule has 0 saturated heterocycles. The molecular weight excluding hydrogens is 1280 g/mol. The average Bonchev–Trinajstić information content (AvgIpc) is 2.24. The normalized spacial score (nSPS) is 12.0. The number of hydrogen-bond donors (Lipinski definition) is 0. The number of fused-ring (bicyclic) bond motifs is 2. The summed E-state index contributed by atoms with van der Waals surface area (Å²) in [7, 11) is -8.71. The molecule has 0 spiro atoms.